The van der Waals surface area contributed by atoms with Gasteiger partial charge in [0.1, 0.15) is 0 Å². The standard InChI is InChI=1S/C14H27NO2/c1-13(2,11-15)16-10-12-6-9-14(17-12)7-4-3-5-8-14/h12H,3-11,15H2,1-2H3. The molecule has 1 aliphatic heterocycles. The summed E-state index contributed by atoms with van der Waals surface area (Å²) in [5.41, 5.74) is 5.65. The van der Waals surface area contributed by atoms with E-state index in [0.29, 0.717) is 19.3 Å². The normalized spacial score (nSPS) is 28.8. The van der Waals surface area contributed by atoms with Crippen molar-refractivity contribution in [3.8, 4) is 0 Å². The van der Waals surface area contributed by atoms with Gasteiger partial charge in [-0.2, -0.15) is 0 Å². The lowest BCUT2D eigenvalue weighted by Gasteiger charge is -2.34. The Labute approximate surface area is 105 Å². The van der Waals surface area contributed by atoms with E-state index in [1.54, 1.807) is 0 Å². The zero-order chi connectivity index (χ0) is 12.4. The fourth-order valence-corrected chi connectivity index (χ4v) is 2.95. The molecule has 1 aliphatic carbocycles. The molecule has 100 valence electrons. The average Bonchev–Trinajstić information content (AvgIpc) is 2.71. The van der Waals surface area contributed by atoms with Gasteiger partial charge >= 0.3 is 0 Å². The van der Waals surface area contributed by atoms with Gasteiger partial charge in [0, 0.05) is 6.54 Å². The lowest BCUT2D eigenvalue weighted by molar-refractivity contribution is -0.113. The molecule has 3 nitrogen and oxygen atoms in total. The SMILES string of the molecule is CC(C)(CN)OCC1CCC2(CCCCC2)O1. The molecule has 2 aliphatic rings. The summed E-state index contributed by atoms with van der Waals surface area (Å²) in [4.78, 5) is 0. The van der Waals surface area contributed by atoms with E-state index in [1.807, 2.05) is 13.8 Å². The quantitative estimate of drug-likeness (QED) is 0.823. The summed E-state index contributed by atoms with van der Waals surface area (Å²) in [6.45, 7) is 5.34. The number of hydrogen-bond donors (Lipinski definition) is 1. The lowest BCUT2D eigenvalue weighted by Crippen LogP contribution is -2.38. The number of nitrogens with two attached hydrogens (primary N) is 1. The Morgan fingerprint density at radius 2 is 1.94 bits per heavy atom. The van der Waals surface area contributed by atoms with Crippen molar-refractivity contribution in [2.45, 2.75) is 76.1 Å². The second-order valence-corrected chi connectivity index (χ2v) is 6.30. The number of rotatable bonds is 4. The Bertz CT molecular complexity index is 247. The highest BCUT2D eigenvalue weighted by molar-refractivity contribution is 4.91. The van der Waals surface area contributed by atoms with Crippen LogP contribution in [-0.4, -0.2) is 30.5 Å². The molecule has 17 heavy (non-hydrogen) atoms. The van der Waals surface area contributed by atoms with Crippen molar-refractivity contribution in [1.82, 2.24) is 0 Å². The van der Waals surface area contributed by atoms with Crippen LogP contribution in [0.25, 0.3) is 0 Å². The Morgan fingerprint density at radius 1 is 1.24 bits per heavy atom. The van der Waals surface area contributed by atoms with Crippen molar-refractivity contribution < 1.29 is 9.47 Å². The predicted octanol–water partition coefficient (Wildman–Crippen LogP) is 2.62. The molecule has 1 atom stereocenters. The van der Waals surface area contributed by atoms with Crippen LogP contribution in [0.5, 0.6) is 0 Å². The van der Waals surface area contributed by atoms with Gasteiger partial charge < -0.3 is 15.2 Å². The maximum Gasteiger partial charge on any atom is 0.0817 e. The van der Waals surface area contributed by atoms with Crippen LogP contribution in [0.1, 0.15) is 58.8 Å². The monoisotopic (exact) mass is 241 g/mol. The van der Waals surface area contributed by atoms with E-state index >= 15 is 0 Å². The Hall–Kier alpha value is -0.120. The summed E-state index contributed by atoms with van der Waals surface area (Å²) in [6.07, 6.45) is 9.23. The predicted molar refractivity (Wildman–Crippen MR) is 69.0 cm³/mol. The zero-order valence-corrected chi connectivity index (χ0v) is 11.3. The first kappa shape index (κ1) is 13.3. The molecule has 1 unspecified atom stereocenters. The van der Waals surface area contributed by atoms with Crippen molar-refractivity contribution in [2.75, 3.05) is 13.2 Å². The van der Waals surface area contributed by atoms with E-state index in [2.05, 4.69) is 0 Å². The molecule has 0 aromatic heterocycles. The third kappa shape index (κ3) is 3.43. The van der Waals surface area contributed by atoms with Gasteiger partial charge in [-0.15, -0.1) is 0 Å². The Morgan fingerprint density at radius 3 is 2.59 bits per heavy atom. The molecule has 2 fully saturated rings. The third-order valence-corrected chi connectivity index (χ3v) is 4.25. The molecular formula is C14H27NO2. The first-order chi connectivity index (χ1) is 8.05. The smallest absolute Gasteiger partial charge is 0.0817 e. The van der Waals surface area contributed by atoms with Crippen molar-refractivity contribution >= 4 is 0 Å². The number of hydrogen-bond acceptors (Lipinski definition) is 3. The van der Waals surface area contributed by atoms with E-state index in [9.17, 15) is 0 Å². The Kier molecular flexibility index (Phi) is 4.11. The molecule has 1 heterocycles. The second kappa shape index (κ2) is 5.25. The van der Waals surface area contributed by atoms with E-state index in [4.69, 9.17) is 15.2 Å². The molecule has 1 saturated heterocycles. The molecule has 2 N–H and O–H groups in total. The maximum absolute atomic E-state index is 6.26. The van der Waals surface area contributed by atoms with Crippen LogP contribution in [0.3, 0.4) is 0 Å². The van der Waals surface area contributed by atoms with Crippen LogP contribution in [0, 0.1) is 0 Å². The average molecular weight is 241 g/mol. The minimum Gasteiger partial charge on any atom is -0.372 e. The van der Waals surface area contributed by atoms with Gasteiger partial charge in [0.25, 0.3) is 0 Å². The van der Waals surface area contributed by atoms with Gasteiger partial charge in [0.2, 0.25) is 0 Å². The fraction of sp³-hybridized carbons (Fsp3) is 1.00. The molecular weight excluding hydrogens is 214 g/mol. The van der Waals surface area contributed by atoms with Crippen LogP contribution in [-0.2, 0) is 9.47 Å². The van der Waals surface area contributed by atoms with Crippen LogP contribution < -0.4 is 5.73 Å². The summed E-state index contributed by atoms with van der Waals surface area (Å²) in [7, 11) is 0. The van der Waals surface area contributed by atoms with Crippen LogP contribution >= 0.6 is 0 Å². The van der Waals surface area contributed by atoms with E-state index < -0.39 is 0 Å². The van der Waals surface area contributed by atoms with Crippen molar-refractivity contribution in [1.29, 1.82) is 0 Å². The summed E-state index contributed by atoms with van der Waals surface area (Å²) < 4.78 is 12.1. The van der Waals surface area contributed by atoms with E-state index in [1.165, 1.54) is 38.5 Å². The topological polar surface area (TPSA) is 44.5 Å². The minimum atomic E-state index is -0.217. The summed E-state index contributed by atoms with van der Waals surface area (Å²) >= 11 is 0. The molecule has 3 heteroatoms. The first-order valence-corrected chi connectivity index (χ1v) is 7.07. The number of ether oxygens (including phenoxy) is 2. The van der Waals surface area contributed by atoms with Crippen LogP contribution in [0.4, 0.5) is 0 Å². The highest BCUT2D eigenvalue weighted by Crippen LogP contribution is 2.42. The molecule has 0 bridgehead atoms. The largest absolute Gasteiger partial charge is 0.372 e. The molecule has 2 rings (SSSR count). The lowest BCUT2D eigenvalue weighted by atomic mass is 9.83. The third-order valence-electron chi connectivity index (χ3n) is 4.25. The summed E-state index contributed by atoms with van der Waals surface area (Å²) in [5, 5.41) is 0. The highest BCUT2D eigenvalue weighted by Gasteiger charge is 2.41. The van der Waals surface area contributed by atoms with Crippen molar-refractivity contribution in [3.63, 3.8) is 0 Å². The molecule has 0 amide bonds. The van der Waals surface area contributed by atoms with Crippen molar-refractivity contribution in [2.24, 2.45) is 5.73 Å². The van der Waals surface area contributed by atoms with Gasteiger partial charge in [-0.25, -0.2) is 0 Å². The summed E-state index contributed by atoms with van der Waals surface area (Å²) in [5.74, 6) is 0. The Balaban J connectivity index is 1.78. The first-order valence-electron chi connectivity index (χ1n) is 7.07. The molecule has 1 saturated carbocycles. The van der Waals surface area contributed by atoms with Gasteiger partial charge in [-0.3, -0.25) is 0 Å². The fourth-order valence-electron chi connectivity index (χ4n) is 2.95. The van der Waals surface area contributed by atoms with Crippen LogP contribution in [0.2, 0.25) is 0 Å². The highest BCUT2D eigenvalue weighted by atomic mass is 16.6. The zero-order valence-electron chi connectivity index (χ0n) is 11.3. The molecule has 0 radical (unpaired) electrons. The molecule has 1 spiro atoms. The summed E-state index contributed by atoms with van der Waals surface area (Å²) in [6, 6.07) is 0. The second-order valence-electron chi connectivity index (χ2n) is 6.30. The molecule has 0 aromatic carbocycles. The van der Waals surface area contributed by atoms with E-state index in [0.717, 1.165) is 6.42 Å². The van der Waals surface area contributed by atoms with Gasteiger partial charge in [0.15, 0.2) is 0 Å². The molecule has 0 aromatic rings. The van der Waals surface area contributed by atoms with Crippen molar-refractivity contribution in [3.05, 3.63) is 0 Å². The van der Waals surface area contributed by atoms with Crippen LogP contribution in [0.15, 0.2) is 0 Å². The van der Waals surface area contributed by atoms with Gasteiger partial charge in [0.05, 0.1) is 23.9 Å². The minimum absolute atomic E-state index is 0.207. The van der Waals surface area contributed by atoms with E-state index in [-0.39, 0.29) is 11.2 Å². The maximum atomic E-state index is 6.26. The van der Waals surface area contributed by atoms with Gasteiger partial charge in [-0.1, -0.05) is 19.3 Å². The van der Waals surface area contributed by atoms with Gasteiger partial charge in [-0.05, 0) is 39.5 Å².